The maximum atomic E-state index is 11.6. The van der Waals surface area contributed by atoms with E-state index in [9.17, 15) is 4.79 Å². The Kier molecular flexibility index (Phi) is 2.22. The molecule has 3 N–H and O–H groups in total. The lowest BCUT2D eigenvalue weighted by Crippen LogP contribution is -2.51. The van der Waals surface area contributed by atoms with Crippen molar-refractivity contribution in [3.8, 4) is 0 Å². The molecule has 76 valence electrons. The van der Waals surface area contributed by atoms with Crippen LogP contribution in [0.15, 0.2) is 17.0 Å². The Labute approximate surface area is 80.4 Å². The highest BCUT2D eigenvalue weighted by Gasteiger charge is 2.38. The van der Waals surface area contributed by atoms with Crippen molar-refractivity contribution >= 4 is 11.6 Å². The zero-order chi connectivity index (χ0) is 10.0. The third-order valence-electron chi connectivity index (χ3n) is 2.19. The van der Waals surface area contributed by atoms with Crippen molar-refractivity contribution < 1.29 is 14.1 Å². The summed E-state index contributed by atoms with van der Waals surface area (Å²) in [4.78, 5) is 11.6. The number of aromatic nitrogens is 1. The molecule has 1 aromatic heterocycles. The molecule has 6 nitrogen and oxygen atoms in total. The Morgan fingerprint density at radius 2 is 2.57 bits per heavy atom. The fraction of sp³-hybridized carbons (Fsp3) is 0.500. The van der Waals surface area contributed by atoms with Gasteiger partial charge in [-0.05, 0) is 6.42 Å². The Morgan fingerprint density at radius 3 is 3.14 bits per heavy atom. The zero-order valence-electron chi connectivity index (χ0n) is 7.53. The lowest BCUT2D eigenvalue weighted by molar-refractivity contribution is -0.121. The van der Waals surface area contributed by atoms with Crippen LogP contribution in [0.3, 0.4) is 0 Å². The van der Waals surface area contributed by atoms with E-state index in [0.717, 1.165) is 0 Å². The van der Waals surface area contributed by atoms with Gasteiger partial charge in [0.25, 0.3) is 0 Å². The normalized spacial score (nSPS) is 26.4. The van der Waals surface area contributed by atoms with Gasteiger partial charge >= 0.3 is 0 Å². The number of hydrogen-bond donors (Lipinski definition) is 2. The van der Waals surface area contributed by atoms with Crippen molar-refractivity contribution in [2.24, 2.45) is 5.73 Å². The Hall–Kier alpha value is -1.40. The summed E-state index contributed by atoms with van der Waals surface area (Å²) in [5.74, 6) is -0.266. The van der Waals surface area contributed by atoms with Gasteiger partial charge in [-0.3, -0.25) is 4.79 Å². The quantitative estimate of drug-likeness (QED) is 0.681. The minimum absolute atomic E-state index is 0.254. The van der Waals surface area contributed by atoms with Gasteiger partial charge in [0.15, 0.2) is 0 Å². The van der Waals surface area contributed by atoms with Crippen LogP contribution in [0, 0.1) is 0 Å². The number of hydrogen-bond acceptors (Lipinski definition) is 5. The van der Waals surface area contributed by atoms with Gasteiger partial charge in [0, 0.05) is 6.61 Å². The fourth-order valence-corrected chi connectivity index (χ4v) is 1.28. The van der Waals surface area contributed by atoms with E-state index in [1.807, 2.05) is 0 Å². The van der Waals surface area contributed by atoms with Gasteiger partial charge in [0.05, 0.1) is 12.8 Å². The van der Waals surface area contributed by atoms with Crippen molar-refractivity contribution in [1.82, 2.24) is 5.16 Å². The lowest BCUT2D eigenvalue weighted by atomic mass is 9.99. The van der Waals surface area contributed by atoms with Gasteiger partial charge in [-0.15, -0.1) is 0 Å². The second-order valence-electron chi connectivity index (χ2n) is 3.33. The number of nitrogens with one attached hydrogen (secondary N) is 1. The van der Waals surface area contributed by atoms with Crippen LogP contribution < -0.4 is 11.1 Å². The molecule has 1 fully saturated rings. The van der Waals surface area contributed by atoms with Gasteiger partial charge in [-0.25, -0.2) is 0 Å². The van der Waals surface area contributed by atoms with Crippen LogP contribution in [-0.4, -0.2) is 29.8 Å². The summed E-state index contributed by atoms with van der Waals surface area (Å²) in [6.07, 6.45) is 3.29. The molecule has 2 rings (SSSR count). The van der Waals surface area contributed by atoms with Crippen molar-refractivity contribution in [3.05, 3.63) is 12.5 Å². The van der Waals surface area contributed by atoms with E-state index in [1.54, 1.807) is 0 Å². The molecule has 1 aliphatic rings. The number of nitrogens with two attached hydrogens (primary N) is 1. The summed E-state index contributed by atoms with van der Waals surface area (Å²) >= 11 is 0. The fourth-order valence-electron chi connectivity index (χ4n) is 1.28. The minimum Gasteiger partial charge on any atom is -0.379 e. The average molecular weight is 197 g/mol. The van der Waals surface area contributed by atoms with Gasteiger partial charge in [0.2, 0.25) is 5.91 Å². The van der Waals surface area contributed by atoms with Crippen molar-refractivity contribution in [3.63, 3.8) is 0 Å². The molecule has 0 aromatic carbocycles. The Morgan fingerprint density at radius 1 is 1.71 bits per heavy atom. The molecular weight excluding hydrogens is 186 g/mol. The molecule has 0 radical (unpaired) electrons. The van der Waals surface area contributed by atoms with Crippen molar-refractivity contribution in [2.75, 3.05) is 18.5 Å². The van der Waals surface area contributed by atoms with Gasteiger partial charge < -0.3 is 20.3 Å². The second-order valence-corrected chi connectivity index (χ2v) is 3.33. The molecule has 0 saturated carbocycles. The van der Waals surface area contributed by atoms with E-state index in [0.29, 0.717) is 18.7 Å². The molecule has 2 heterocycles. The van der Waals surface area contributed by atoms with Crippen molar-refractivity contribution in [1.29, 1.82) is 0 Å². The Bertz CT molecular complexity index is 317. The summed E-state index contributed by atoms with van der Waals surface area (Å²) in [5, 5.41) is 6.07. The molecule has 1 aromatic rings. The van der Waals surface area contributed by atoms with Crippen LogP contribution in [0.1, 0.15) is 6.42 Å². The predicted molar refractivity (Wildman–Crippen MR) is 47.5 cm³/mol. The van der Waals surface area contributed by atoms with E-state index >= 15 is 0 Å². The summed E-state index contributed by atoms with van der Waals surface area (Å²) in [6, 6.07) is 0. The molecule has 1 amide bonds. The minimum atomic E-state index is -0.919. The summed E-state index contributed by atoms with van der Waals surface area (Å²) in [5.41, 5.74) is 5.42. The highest BCUT2D eigenvalue weighted by molar-refractivity contribution is 5.98. The molecule has 0 spiro atoms. The van der Waals surface area contributed by atoms with E-state index in [-0.39, 0.29) is 12.5 Å². The maximum Gasteiger partial charge on any atom is 0.247 e. The molecule has 1 saturated heterocycles. The first kappa shape index (κ1) is 9.17. The number of carbonyl (C=O) groups is 1. The molecule has 6 heteroatoms. The van der Waals surface area contributed by atoms with Crippen LogP contribution in [0.25, 0.3) is 0 Å². The van der Waals surface area contributed by atoms with E-state index in [1.165, 1.54) is 12.5 Å². The lowest BCUT2D eigenvalue weighted by Gasteiger charge is -2.19. The van der Waals surface area contributed by atoms with E-state index in [2.05, 4.69) is 15.0 Å². The maximum absolute atomic E-state index is 11.6. The second kappa shape index (κ2) is 3.39. The largest absolute Gasteiger partial charge is 0.379 e. The van der Waals surface area contributed by atoms with Crippen molar-refractivity contribution in [2.45, 2.75) is 12.0 Å². The topological polar surface area (TPSA) is 90.4 Å². The molecule has 0 aliphatic carbocycles. The molecule has 0 bridgehead atoms. The number of carbonyl (C=O) groups excluding carboxylic acids is 1. The predicted octanol–water partition coefficient (Wildman–Crippen LogP) is -0.269. The number of rotatable bonds is 2. The molecule has 1 aliphatic heterocycles. The summed E-state index contributed by atoms with van der Waals surface area (Å²) in [7, 11) is 0. The van der Waals surface area contributed by atoms with Crippen LogP contribution in [-0.2, 0) is 9.53 Å². The molecule has 1 unspecified atom stereocenters. The molecule has 1 atom stereocenters. The SMILES string of the molecule is NC1(C(=O)Nc2cnoc2)CCOC1. The first-order valence-corrected chi connectivity index (χ1v) is 4.28. The van der Waals surface area contributed by atoms with E-state index < -0.39 is 5.54 Å². The summed E-state index contributed by atoms with van der Waals surface area (Å²) < 4.78 is 9.65. The smallest absolute Gasteiger partial charge is 0.247 e. The highest BCUT2D eigenvalue weighted by Crippen LogP contribution is 2.17. The highest BCUT2D eigenvalue weighted by atomic mass is 16.5. The molecular formula is C8H11N3O3. The van der Waals surface area contributed by atoms with Gasteiger partial charge in [0.1, 0.15) is 17.5 Å². The number of nitrogens with zero attached hydrogens (tertiary/aromatic N) is 1. The number of amides is 1. The first-order chi connectivity index (χ1) is 6.71. The number of ether oxygens (including phenoxy) is 1. The van der Waals surface area contributed by atoms with E-state index in [4.69, 9.17) is 10.5 Å². The van der Waals surface area contributed by atoms with Gasteiger partial charge in [-0.2, -0.15) is 0 Å². The van der Waals surface area contributed by atoms with Gasteiger partial charge in [-0.1, -0.05) is 5.16 Å². The third-order valence-corrected chi connectivity index (χ3v) is 2.19. The van der Waals surface area contributed by atoms with Crippen LogP contribution in [0.5, 0.6) is 0 Å². The zero-order valence-corrected chi connectivity index (χ0v) is 7.53. The van der Waals surface area contributed by atoms with Crippen LogP contribution in [0.2, 0.25) is 0 Å². The monoisotopic (exact) mass is 197 g/mol. The summed E-state index contributed by atoms with van der Waals surface area (Å²) in [6.45, 7) is 0.775. The third kappa shape index (κ3) is 1.61. The Balaban J connectivity index is 2.02. The van der Waals surface area contributed by atoms with Crippen LogP contribution in [0.4, 0.5) is 5.69 Å². The number of anilines is 1. The molecule has 14 heavy (non-hydrogen) atoms. The first-order valence-electron chi connectivity index (χ1n) is 4.28. The van der Waals surface area contributed by atoms with Crippen LogP contribution >= 0.6 is 0 Å². The standard InChI is InChI=1S/C8H11N3O3/c9-8(1-2-13-5-8)7(12)11-6-3-10-14-4-6/h3-4H,1-2,5,9H2,(H,11,12). The average Bonchev–Trinajstić information content (AvgIpc) is 2.76.